The molecule has 2 N–H and O–H groups in total. The molecular formula is C41H29N8O9S-. The summed E-state index contributed by atoms with van der Waals surface area (Å²) in [6, 6.07) is 17.2. The van der Waals surface area contributed by atoms with E-state index in [0.29, 0.717) is 129 Å². The van der Waals surface area contributed by atoms with Gasteiger partial charge in [0.05, 0.1) is 29.0 Å². The zero-order valence-electron chi connectivity index (χ0n) is 30.7. The molecule has 0 bridgehead atoms. The highest BCUT2D eigenvalue weighted by Gasteiger charge is 2.39. The monoisotopic (exact) mass is 809 g/mol. The number of benzene rings is 1. The van der Waals surface area contributed by atoms with Crippen molar-refractivity contribution in [3.63, 3.8) is 0 Å². The third kappa shape index (κ3) is 5.90. The first-order valence-electron chi connectivity index (χ1n) is 18.8. The normalized spacial score (nSPS) is 18.6. The Hall–Kier alpha value is -7.02. The Labute approximate surface area is 338 Å². The zero-order chi connectivity index (χ0) is 39.0. The van der Waals surface area contributed by atoms with Crippen LogP contribution >= 0.6 is 11.9 Å². The largest absolute Gasteiger partial charge is 0.757 e. The van der Waals surface area contributed by atoms with Crippen molar-refractivity contribution in [2.45, 2.75) is 17.2 Å². The fraction of sp³-hybridized carbons (Fsp3) is 0.195. The number of nitrogens with zero attached hydrogens (tertiary/aromatic N) is 6. The maximum atomic E-state index is 12.2. The van der Waals surface area contributed by atoms with Crippen molar-refractivity contribution in [2.24, 2.45) is 0 Å². The van der Waals surface area contributed by atoms with Gasteiger partial charge in [-0.25, -0.2) is 24.5 Å². The van der Waals surface area contributed by atoms with E-state index in [1.54, 1.807) is 24.8 Å². The molecule has 5 aliphatic heterocycles. The molecule has 18 heteroatoms. The predicted molar refractivity (Wildman–Crippen MR) is 211 cm³/mol. The molecule has 5 aliphatic rings. The number of fused-ring (bicyclic) bond motifs is 6. The average molecular weight is 810 g/mol. The summed E-state index contributed by atoms with van der Waals surface area (Å²) >= 11 is 0.966. The lowest BCUT2D eigenvalue weighted by molar-refractivity contribution is 0.0156. The van der Waals surface area contributed by atoms with E-state index in [4.69, 9.17) is 47.9 Å². The van der Waals surface area contributed by atoms with Crippen LogP contribution in [0.25, 0.3) is 44.7 Å². The van der Waals surface area contributed by atoms with Crippen LogP contribution in [-0.2, 0) is 0 Å². The van der Waals surface area contributed by atoms with Crippen molar-refractivity contribution in [3.05, 3.63) is 95.8 Å². The number of aromatic nitrogens is 6. The number of anilines is 1. The van der Waals surface area contributed by atoms with Crippen LogP contribution in [0, 0.1) is 5.21 Å². The first-order chi connectivity index (χ1) is 29.1. The van der Waals surface area contributed by atoms with Gasteiger partial charge >= 0.3 is 0 Å². The van der Waals surface area contributed by atoms with Crippen LogP contribution in [0.15, 0.2) is 84.4 Å². The maximum Gasteiger partial charge on any atom is 0.258 e. The van der Waals surface area contributed by atoms with E-state index in [-0.39, 0.29) is 0 Å². The fourth-order valence-electron chi connectivity index (χ4n) is 7.67. The van der Waals surface area contributed by atoms with Gasteiger partial charge in [0.15, 0.2) is 46.7 Å². The van der Waals surface area contributed by atoms with Crippen LogP contribution in [-0.4, -0.2) is 74.1 Å². The minimum atomic E-state index is -0.807. The third-order valence-corrected chi connectivity index (χ3v) is 11.1. The van der Waals surface area contributed by atoms with Gasteiger partial charge < -0.3 is 53.5 Å². The van der Waals surface area contributed by atoms with E-state index < -0.39 is 12.2 Å². The van der Waals surface area contributed by atoms with Crippen LogP contribution in [0.3, 0.4) is 0 Å². The predicted octanol–water partition coefficient (Wildman–Crippen LogP) is 6.86. The number of ether oxygens (including phenoxy) is 8. The lowest BCUT2D eigenvalue weighted by Crippen LogP contribution is -2.28. The Bertz CT molecular complexity index is 2810. The first-order valence-corrected chi connectivity index (χ1v) is 19.6. The molecule has 6 aromatic heterocycles. The number of nitrogens with one attached hydrogen (secondary N) is 2. The van der Waals surface area contributed by atoms with Crippen molar-refractivity contribution < 1.29 is 37.9 Å². The standard InChI is InChI=1S/C41H29N8O9S/c50-49-48-29-12-22(17-45-41(29)59-49)21-10-24(27-15-25(36-40(47-27)56-9-7-54-36)26-11-20-2-1-3-42-38(20)46-26)35-31(13-21)57-37(28-16-30-33(19-43-28)53-5-4-51-30)34(58-35)23-14-32-39(44-18-23)55-8-6-52-32/h1-3,10-19,34,37,48H,4-9H2,(H,42,46)/q-1. The van der Waals surface area contributed by atoms with E-state index >= 15 is 0 Å². The fourth-order valence-corrected chi connectivity index (χ4v) is 8.27. The Kier molecular flexibility index (Phi) is 7.82. The summed E-state index contributed by atoms with van der Waals surface area (Å²) in [6.07, 6.45) is 5.17. The molecule has 0 radical (unpaired) electrons. The Morgan fingerprint density at radius 2 is 1.51 bits per heavy atom. The minimum Gasteiger partial charge on any atom is -0.757 e. The highest BCUT2D eigenvalue weighted by atomic mass is 32.2. The summed E-state index contributed by atoms with van der Waals surface area (Å²) < 4.78 is 50.6. The van der Waals surface area contributed by atoms with Crippen LogP contribution in [0.2, 0.25) is 0 Å². The van der Waals surface area contributed by atoms with Crippen LogP contribution in [0.4, 0.5) is 5.69 Å². The second kappa shape index (κ2) is 13.5. The lowest BCUT2D eigenvalue weighted by atomic mass is 9.96. The molecule has 2 unspecified atom stereocenters. The van der Waals surface area contributed by atoms with Gasteiger partial charge in [0, 0.05) is 52.3 Å². The molecule has 0 saturated carbocycles. The van der Waals surface area contributed by atoms with Crippen molar-refractivity contribution in [1.82, 2.24) is 34.5 Å². The van der Waals surface area contributed by atoms with Gasteiger partial charge in [-0.3, -0.25) is 4.98 Å². The number of hydrogen-bond donors (Lipinski definition) is 2. The van der Waals surface area contributed by atoms with Gasteiger partial charge in [0.2, 0.25) is 0 Å². The number of hydrazine groups is 1. The number of aromatic amines is 1. The second-order valence-electron chi connectivity index (χ2n) is 14.0. The zero-order valence-corrected chi connectivity index (χ0v) is 31.5. The Morgan fingerprint density at radius 1 is 0.661 bits per heavy atom. The summed E-state index contributed by atoms with van der Waals surface area (Å²) in [5.74, 6) is 3.62. The molecule has 7 aromatic rings. The summed E-state index contributed by atoms with van der Waals surface area (Å²) in [7, 11) is 0. The number of rotatable bonds is 5. The second-order valence-corrected chi connectivity index (χ2v) is 14.9. The smallest absolute Gasteiger partial charge is 0.258 e. The van der Waals surface area contributed by atoms with Gasteiger partial charge in [-0.2, -0.15) is 0 Å². The van der Waals surface area contributed by atoms with E-state index in [1.165, 1.54) is 0 Å². The number of pyridine rings is 5. The molecule has 0 spiro atoms. The molecule has 2 atom stereocenters. The molecule has 0 amide bonds. The quantitative estimate of drug-likeness (QED) is 0.171. The Balaban J connectivity index is 1.06. The molecule has 59 heavy (non-hydrogen) atoms. The van der Waals surface area contributed by atoms with Crippen LogP contribution in [0.5, 0.6) is 46.3 Å². The lowest BCUT2D eigenvalue weighted by Gasteiger charge is -2.36. The van der Waals surface area contributed by atoms with E-state index in [2.05, 4.69) is 25.4 Å². The molecule has 0 saturated heterocycles. The molecule has 11 heterocycles. The maximum absolute atomic E-state index is 12.2. The van der Waals surface area contributed by atoms with Crippen molar-refractivity contribution in [3.8, 4) is 79.9 Å². The Morgan fingerprint density at radius 3 is 2.42 bits per heavy atom. The molecule has 1 aromatic carbocycles. The molecular weight excluding hydrogens is 781 g/mol. The number of hydrogen-bond acceptors (Lipinski definition) is 17. The minimum absolute atomic E-state index is 0.320. The van der Waals surface area contributed by atoms with Gasteiger partial charge in [-0.05, 0) is 66.0 Å². The van der Waals surface area contributed by atoms with Gasteiger partial charge in [0.1, 0.15) is 50.3 Å². The molecule has 294 valence electrons. The van der Waals surface area contributed by atoms with Crippen LogP contribution < -0.4 is 43.3 Å². The number of H-pyrrole nitrogens is 1. The van der Waals surface area contributed by atoms with Gasteiger partial charge in [-0.15, -0.1) is 0 Å². The van der Waals surface area contributed by atoms with Gasteiger partial charge in [0.25, 0.3) is 11.8 Å². The summed E-state index contributed by atoms with van der Waals surface area (Å²) in [4.78, 5) is 26.9. The van der Waals surface area contributed by atoms with Crippen LogP contribution in [0.1, 0.15) is 23.5 Å². The van der Waals surface area contributed by atoms with E-state index in [1.807, 2.05) is 54.6 Å². The summed E-state index contributed by atoms with van der Waals surface area (Å²) in [6.45, 7) is 2.28. The molecule has 0 aliphatic carbocycles. The average Bonchev–Trinajstić information content (AvgIpc) is 3.90. The van der Waals surface area contributed by atoms with Gasteiger partial charge in [-0.1, -0.05) is 0 Å². The first kappa shape index (κ1) is 34.1. The topological polar surface area (TPSA) is 192 Å². The van der Waals surface area contributed by atoms with Crippen molar-refractivity contribution >= 4 is 28.7 Å². The van der Waals surface area contributed by atoms with Crippen molar-refractivity contribution in [1.29, 1.82) is 0 Å². The summed E-state index contributed by atoms with van der Waals surface area (Å²) in [5, 5.41) is 13.7. The third-order valence-electron chi connectivity index (χ3n) is 10.4. The van der Waals surface area contributed by atoms with E-state index in [0.717, 1.165) is 39.8 Å². The summed E-state index contributed by atoms with van der Waals surface area (Å²) in [5.41, 5.74) is 9.33. The SMILES string of the molecule is [O-]N1Nc2cc(-c3cc4c(c(-c5cc(-c6cc7cccnc7[nH]6)c6c(n5)OCCO6)c3)OC(c3cnc5c(c3)OCCO5)C(c3cc5c(cn3)OCCO5)O4)cnc2S1. The van der Waals surface area contributed by atoms with E-state index in [9.17, 15) is 5.21 Å². The highest BCUT2D eigenvalue weighted by molar-refractivity contribution is 7.97. The molecule has 0 fully saturated rings. The van der Waals surface area contributed by atoms with Crippen molar-refractivity contribution in [2.75, 3.05) is 45.1 Å². The molecule has 12 rings (SSSR count). The molecule has 17 nitrogen and oxygen atoms in total. The highest BCUT2D eigenvalue weighted by Crippen LogP contribution is 2.54.